The number of rotatable bonds is 5. The molecule has 0 radical (unpaired) electrons. The predicted molar refractivity (Wildman–Crippen MR) is 80.8 cm³/mol. The van der Waals surface area contributed by atoms with Crippen molar-refractivity contribution in [3.8, 4) is 11.8 Å². The second kappa shape index (κ2) is 6.28. The molecule has 2 unspecified atom stereocenters. The lowest BCUT2D eigenvalue weighted by atomic mass is 9.99. The molecule has 20 heavy (non-hydrogen) atoms. The Kier molecular flexibility index (Phi) is 4.67. The van der Waals surface area contributed by atoms with Crippen LogP contribution in [0.2, 0.25) is 0 Å². The maximum atomic E-state index is 9.45. The van der Waals surface area contributed by atoms with E-state index < -0.39 is 0 Å². The van der Waals surface area contributed by atoms with E-state index in [1.807, 2.05) is 6.07 Å². The van der Waals surface area contributed by atoms with E-state index in [2.05, 4.69) is 44.3 Å². The molecule has 0 aliphatic heterocycles. The van der Waals surface area contributed by atoms with Crippen LogP contribution in [-0.4, -0.2) is 18.2 Å². The van der Waals surface area contributed by atoms with Crippen molar-refractivity contribution in [2.24, 2.45) is 0 Å². The molecule has 3 heteroatoms. The lowest BCUT2D eigenvalue weighted by molar-refractivity contribution is 0.199. The Morgan fingerprint density at radius 2 is 2.25 bits per heavy atom. The van der Waals surface area contributed by atoms with Gasteiger partial charge in [-0.25, -0.2) is 0 Å². The highest BCUT2D eigenvalue weighted by Crippen LogP contribution is 2.33. The number of aryl methyl sites for hydroxylation is 2. The minimum absolute atomic E-state index is 0.139. The Labute approximate surface area is 121 Å². The Morgan fingerprint density at radius 3 is 2.90 bits per heavy atom. The molecule has 1 aromatic rings. The van der Waals surface area contributed by atoms with Gasteiger partial charge in [-0.05, 0) is 51.3 Å². The van der Waals surface area contributed by atoms with Crippen LogP contribution < -0.4 is 10.1 Å². The largest absolute Gasteiger partial charge is 0.490 e. The van der Waals surface area contributed by atoms with Crippen LogP contribution >= 0.6 is 0 Å². The van der Waals surface area contributed by atoms with Gasteiger partial charge in [0.1, 0.15) is 17.4 Å². The van der Waals surface area contributed by atoms with Crippen molar-refractivity contribution in [3.05, 3.63) is 29.3 Å². The molecule has 1 fully saturated rings. The molecule has 0 spiro atoms. The summed E-state index contributed by atoms with van der Waals surface area (Å²) in [7, 11) is 0. The number of benzene rings is 1. The van der Waals surface area contributed by atoms with Crippen LogP contribution in [0.5, 0.6) is 5.75 Å². The lowest BCUT2D eigenvalue weighted by Crippen LogP contribution is -2.42. The minimum Gasteiger partial charge on any atom is -0.490 e. The van der Waals surface area contributed by atoms with Crippen molar-refractivity contribution >= 4 is 0 Å². The van der Waals surface area contributed by atoms with Gasteiger partial charge in [-0.1, -0.05) is 24.6 Å². The Morgan fingerprint density at radius 1 is 1.45 bits per heavy atom. The lowest BCUT2D eigenvalue weighted by Gasteiger charge is -2.23. The van der Waals surface area contributed by atoms with Crippen molar-refractivity contribution in [3.63, 3.8) is 0 Å². The quantitative estimate of drug-likeness (QED) is 0.892. The zero-order valence-electron chi connectivity index (χ0n) is 12.7. The molecule has 1 N–H and O–H groups in total. The summed E-state index contributed by atoms with van der Waals surface area (Å²) < 4.78 is 6.11. The number of nitrogens with one attached hydrogen (secondary N) is 1. The van der Waals surface area contributed by atoms with Gasteiger partial charge in [0.2, 0.25) is 0 Å². The molecule has 0 amide bonds. The zero-order valence-corrected chi connectivity index (χ0v) is 12.7. The Bertz CT molecular complexity index is 506. The molecular weight excluding hydrogens is 248 g/mol. The molecule has 0 aromatic heterocycles. The van der Waals surface area contributed by atoms with E-state index in [0.29, 0.717) is 0 Å². The van der Waals surface area contributed by atoms with Crippen LogP contribution in [0.1, 0.15) is 43.7 Å². The van der Waals surface area contributed by atoms with Gasteiger partial charge in [0.05, 0.1) is 6.07 Å². The molecule has 1 aliphatic rings. The maximum absolute atomic E-state index is 9.45. The highest BCUT2D eigenvalue weighted by molar-refractivity contribution is 5.36. The average Bonchev–Trinajstić information content (AvgIpc) is 2.84. The van der Waals surface area contributed by atoms with E-state index >= 15 is 0 Å². The van der Waals surface area contributed by atoms with Crippen molar-refractivity contribution < 1.29 is 4.74 Å². The molecule has 0 saturated heterocycles. The number of ether oxygens (including phenoxy) is 1. The van der Waals surface area contributed by atoms with Crippen molar-refractivity contribution in [2.75, 3.05) is 6.54 Å². The third kappa shape index (κ3) is 3.32. The second-order valence-electron chi connectivity index (χ2n) is 5.87. The van der Waals surface area contributed by atoms with Gasteiger partial charge in [-0.15, -0.1) is 0 Å². The van der Waals surface area contributed by atoms with E-state index in [9.17, 15) is 5.26 Å². The van der Waals surface area contributed by atoms with Gasteiger partial charge in [0, 0.05) is 6.42 Å². The summed E-state index contributed by atoms with van der Waals surface area (Å²) in [5.74, 6) is 0.949. The summed E-state index contributed by atoms with van der Waals surface area (Å²) in [6.07, 6.45) is 3.78. The summed E-state index contributed by atoms with van der Waals surface area (Å²) in [6.45, 7) is 7.17. The molecule has 0 bridgehead atoms. The zero-order chi connectivity index (χ0) is 14.6. The van der Waals surface area contributed by atoms with Crippen LogP contribution in [0.3, 0.4) is 0 Å². The van der Waals surface area contributed by atoms with E-state index in [-0.39, 0.29) is 11.6 Å². The molecule has 0 heterocycles. The van der Waals surface area contributed by atoms with Crippen LogP contribution in [0.4, 0.5) is 0 Å². The van der Waals surface area contributed by atoms with Crippen LogP contribution in [0, 0.1) is 25.2 Å². The van der Waals surface area contributed by atoms with Gasteiger partial charge >= 0.3 is 0 Å². The highest BCUT2D eigenvalue weighted by atomic mass is 16.5. The van der Waals surface area contributed by atoms with Crippen molar-refractivity contribution in [2.45, 2.75) is 58.1 Å². The molecule has 2 rings (SSSR count). The number of nitrogens with zero attached hydrogens (tertiary/aromatic N) is 1. The van der Waals surface area contributed by atoms with Crippen LogP contribution in [-0.2, 0) is 0 Å². The van der Waals surface area contributed by atoms with Crippen LogP contribution in [0.25, 0.3) is 0 Å². The van der Waals surface area contributed by atoms with E-state index in [1.54, 1.807) is 0 Å². The maximum Gasteiger partial charge on any atom is 0.122 e. The molecular formula is C17H24N2O. The minimum atomic E-state index is -0.390. The Hall–Kier alpha value is -1.53. The van der Waals surface area contributed by atoms with Crippen LogP contribution in [0.15, 0.2) is 18.2 Å². The van der Waals surface area contributed by atoms with Gasteiger partial charge in [0.25, 0.3) is 0 Å². The summed E-state index contributed by atoms with van der Waals surface area (Å²) in [5.41, 5.74) is 2.03. The number of hydrogen-bond donors (Lipinski definition) is 1. The first-order chi connectivity index (χ1) is 9.58. The fourth-order valence-electron chi connectivity index (χ4n) is 2.88. The monoisotopic (exact) mass is 272 g/mol. The van der Waals surface area contributed by atoms with Gasteiger partial charge < -0.3 is 4.74 Å². The molecule has 108 valence electrons. The van der Waals surface area contributed by atoms with E-state index in [0.717, 1.165) is 38.0 Å². The van der Waals surface area contributed by atoms with Gasteiger partial charge in [-0.2, -0.15) is 5.26 Å². The second-order valence-corrected chi connectivity index (χ2v) is 5.87. The first-order valence-electron chi connectivity index (χ1n) is 7.49. The smallest absolute Gasteiger partial charge is 0.122 e. The molecule has 3 nitrogen and oxygen atoms in total. The van der Waals surface area contributed by atoms with Gasteiger partial charge in [-0.3, -0.25) is 5.32 Å². The normalized spacial score (nSPS) is 25.4. The third-order valence-electron chi connectivity index (χ3n) is 4.02. The van der Waals surface area contributed by atoms with E-state index in [4.69, 9.17) is 4.74 Å². The standard InChI is InChI=1S/C17H24N2O/c1-4-9-19-17(12-18)8-7-15(11-17)20-16-6-5-13(2)10-14(16)3/h5-6,10,15,19H,4,7-9,11H2,1-3H3. The molecule has 1 aromatic carbocycles. The molecule has 1 saturated carbocycles. The molecule has 2 atom stereocenters. The fourth-order valence-corrected chi connectivity index (χ4v) is 2.88. The Balaban J connectivity index is 2.00. The number of nitriles is 1. The highest BCUT2D eigenvalue weighted by Gasteiger charge is 2.40. The van der Waals surface area contributed by atoms with Gasteiger partial charge in [0.15, 0.2) is 0 Å². The SMILES string of the molecule is CCCNC1(C#N)CCC(Oc2ccc(C)cc2C)C1. The average molecular weight is 272 g/mol. The first-order valence-corrected chi connectivity index (χ1v) is 7.49. The third-order valence-corrected chi connectivity index (χ3v) is 4.02. The number of hydrogen-bond acceptors (Lipinski definition) is 3. The van der Waals surface area contributed by atoms with E-state index in [1.165, 1.54) is 11.1 Å². The first kappa shape index (κ1) is 14.9. The predicted octanol–water partition coefficient (Wildman–Crippen LogP) is 3.50. The van der Waals surface area contributed by atoms with Crippen molar-refractivity contribution in [1.82, 2.24) is 5.32 Å². The summed E-state index contributed by atoms with van der Waals surface area (Å²) >= 11 is 0. The molecule has 1 aliphatic carbocycles. The summed E-state index contributed by atoms with van der Waals surface area (Å²) in [4.78, 5) is 0. The summed E-state index contributed by atoms with van der Waals surface area (Å²) in [6, 6.07) is 8.71. The topological polar surface area (TPSA) is 45.0 Å². The summed E-state index contributed by atoms with van der Waals surface area (Å²) in [5, 5.41) is 12.8. The van der Waals surface area contributed by atoms with Crippen molar-refractivity contribution in [1.29, 1.82) is 5.26 Å². The fraction of sp³-hybridized carbons (Fsp3) is 0.588.